The molecule has 13 heavy (non-hydrogen) atoms. The Morgan fingerprint density at radius 1 is 1.54 bits per heavy atom. The Bertz CT molecular complexity index is 203. The van der Waals surface area contributed by atoms with Gasteiger partial charge < -0.3 is 14.7 Å². The average molecular weight is 185 g/mol. The largest absolute Gasteiger partial charge is 0.391 e. The van der Waals surface area contributed by atoms with E-state index in [4.69, 9.17) is 4.74 Å². The van der Waals surface area contributed by atoms with Crippen molar-refractivity contribution >= 4 is 5.91 Å². The van der Waals surface area contributed by atoms with Gasteiger partial charge in [-0.05, 0) is 6.42 Å². The maximum Gasteiger partial charge on any atom is 0.223 e. The van der Waals surface area contributed by atoms with E-state index in [9.17, 15) is 9.90 Å². The minimum atomic E-state index is -0.304. The van der Waals surface area contributed by atoms with Crippen LogP contribution in [0.4, 0.5) is 0 Å². The molecule has 4 nitrogen and oxygen atoms in total. The molecule has 0 bridgehead atoms. The predicted molar refractivity (Wildman–Crippen MR) is 46.1 cm³/mol. The number of aliphatic hydroxyl groups is 1. The fourth-order valence-electron chi connectivity index (χ4n) is 1.75. The third-order valence-electron chi connectivity index (χ3n) is 2.69. The van der Waals surface area contributed by atoms with Gasteiger partial charge in [0.05, 0.1) is 19.3 Å². The Morgan fingerprint density at radius 2 is 2.31 bits per heavy atom. The van der Waals surface area contributed by atoms with E-state index in [1.807, 2.05) is 0 Å². The highest BCUT2D eigenvalue weighted by Gasteiger charge is 2.28. The quantitative estimate of drug-likeness (QED) is 0.637. The third-order valence-corrected chi connectivity index (χ3v) is 2.69. The second kappa shape index (κ2) is 3.64. The highest BCUT2D eigenvalue weighted by Crippen LogP contribution is 2.18. The van der Waals surface area contributed by atoms with Crippen molar-refractivity contribution in [3.05, 3.63) is 0 Å². The molecule has 2 fully saturated rings. The van der Waals surface area contributed by atoms with Crippen LogP contribution in [-0.2, 0) is 9.53 Å². The molecule has 2 rings (SSSR count). The molecular weight excluding hydrogens is 170 g/mol. The number of aliphatic hydroxyl groups excluding tert-OH is 1. The van der Waals surface area contributed by atoms with Gasteiger partial charge >= 0.3 is 0 Å². The van der Waals surface area contributed by atoms with Crippen molar-refractivity contribution in [2.75, 3.05) is 26.3 Å². The van der Waals surface area contributed by atoms with Crippen LogP contribution in [0.5, 0.6) is 0 Å². The first-order valence-electron chi connectivity index (χ1n) is 4.79. The lowest BCUT2D eigenvalue weighted by molar-refractivity contribution is -0.135. The molecule has 1 amide bonds. The molecule has 74 valence electrons. The number of hydrogen-bond acceptors (Lipinski definition) is 3. The van der Waals surface area contributed by atoms with E-state index < -0.39 is 0 Å². The van der Waals surface area contributed by atoms with Crippen LogP contribution in [0.25, 0.3) is 0 Å². The molecule has 2 heterocycles. The number of β-amino-alcohol motifs (C(OH)–C–C–N with tert-alkyl or cyclic N) is 1. The Balaban J connectivity index is 1.76. The van der Waals surface area contributed by atoms with Crippen LogP contribution in [0, 0.1) is 5.92 Å². The van der Waals surface area contributed by atoms with Gasteiger partial charge in [0, 0.05) is 25.4 Å². The number of amides is 1. The Kier molecular flexibility index (Phi) is 2.51. The average Bonchev–Trinajstić information content (AvgIpc) is 2.44. The molecule has 0 saturated carbocycles. The first kappa shape index (κ1) is 8.97. The van der Waals surface area contributed by atoms with E-state index in [0.717, 1.165) is 19.6 Å². The van der Waals surface area contributed by atoms with E-state index in [1.165, 1.54) is 0 Å². The third kappa shape index (κ3) is 2.00. The van der Waals surface area contributed by atoms with E-state index in [0.29, 0.717) is 25.4 Å². The van der Waals surface area contributed by atoms with Gasteiger partial charge in [0.2, 0.25) is 5.91 Å². The summed E-state index contributed by atoms with van der Waals surface area (Å²) in [7, 11) is 0. The van der Waals surface area contributed by atoms with Crippen molar-refractivity contribution in [3.63, 3.8) is 0 Å². The summed E-state index contributed by atoms with van der Waals surface area (Å²) in [4.78, 5) is 13.3. The van der Waals surface area contributed by atoms with Gasteiger partial charge in [0.25, 0.3) is 0 Å². The zero-order valence-electron chi connectivity index (χ0n) is 7.61. The summed E-state index contributed by atoms with van der Waals surface area (Å²) in [6, 6.07) is 0. The summed E-state index contributed by atoms with van der Waals surface area (Å²) in [5, 5.41) is 9.24. The van der Waals surface area contributed by atoms with Crippen molar-refractivity contribution in [1.82, 2.24) is 4.90 Å². The molecular formula is C9H15NO3. The number of nitrogens with zero attached hydrogens (tertiary/aromatic N) is 1. The van der Waals surface area contributed by atoms with E-state index in [-0.39, 0.29) is 12.0 Å². The first-order chi connectivity index (χ1) is 6.25. The summed E-state index contributed by atoms with van der Waals surface area (Å²) in [5.41, 5.74) is 0. The molecule has 4 heteroatoms. The van der Waals surface area contributed by atoms with Crippen molar-refractivity contribution < 1.29 is 14.6 Å². The highest BCUT2D eigenvalue weighted by molar-refractivity contribution is 5.76. The van der Waals surface area contributed by atoms with Crippen LogP contribution in [0.3, 0.4) is 0 Å². The Labute approximate surface area is 77.5 Å². The lowest BCUT2D eigenvalue weighted by Gasteiger charge is -2.27. The van der Waals surface area contributed by atoms with Crippen LogP contribution in [0.15, 0.2) is 0 Å². The number of carbonyl (C=O) groups excluding carboxylic acids is 1. The standard InChI is InChI=1S/C9H15NO3/c11-8-1-2-10(4-8)9(12)3-7-5-13-6-7/h7-8,11H,1-6H2. The molecule has 0 aliphatic carbocycles. The predicted octanol–water partition coefficient (Wildman–Crippen LogP) is -0.384. The topological polar surface area (TPSA) is 49.8 Å². The summed E-state index contributed by atoms with van der Waals surface area (Å²) in [5.74, 6) is 0.593. The smallest absolute Gasteiger partial charge is 0.223 e. The van der Waals surface area contributed by atoms with Crippen molar-refractivity contribution in [2.24, 2.45) is 5.92 Å². The van der Waals surface area contributed by atoms with Crippen LogP contribution >= 0.6 is 0 Å². The minimum Gasteiger partial charge on any atom is -0.391 e. The number of hydrogen-bond donors (Lipinski definition) is 1. The SMILES string of the molecule is O=C(CC1COC1)N1CCC(O)C1. The normalized spacial score (nSPS) is 29.0. The lowest BCUT2D eigenvalue weighted by atomic mass is 10.0. The Morgan fingerprint density at radius 3 is 2.77 bits per heavy atom. The summed E-state index contributed by atoms with van der Waals surface area (Å²) in [6.45, 7) is 2.68. The van der Waals surface area contributed by atoms with Gasteiger partial charge in [-0.15, -0.1) is 0 Å². The van der Waals surface area contributed by atoms with E-state index in [1.54, 1.807) is 4.90 Å². The fraction of sp³-hybridized carbons (Fsp3) is 0.889. The van der Waals surface area contributed by atoms with Crippen LogP contribution in [0.1, 0.15) is 12.8 Å². The van der Waals surface area contributed by atoms with E-state index in [2.05, 4.69) is 0 Å². The summed E-state index contributed by atoms with van der Waals surface area (Å²) < 4.78 is 5.00. The molecule has 2 aliphatic rings. The number of carbonyl (C=O) groups is 1. The molecule has 1 unspecified atom stereocenters. The lowest BCUT2D eigenvalue weighted by Crippen LogP contribution is -2.36. The van der Waals surface area contributed by atoms with Gasteiger partial charge in [0.1, 0.15) is 0 Å². The molecule has 1 atom stereocenters. The molecule has 0 spiro atoms. The Hall–Kier alpha value is -0.610. The van der Waals surface area contributed by atoms with Gasteiger partial charge in [-0.25, -0.2) is 0 Å². The van der Waals surface area contributed by atoms with E-state index >= 15 is 0 Å². The number of likely N-dealkylation sites (tertiary alicyclic amines) is 1. The number of rotatable bonds is 2. The molecule has 2 aliphatic heterocycles. The molecule has 0 radical (unpaired) electrons. The van der Waals surface area contributed by atoms with Gasteiger partial charge in [-0.2, -0.15) is 0 Å². The fourth-order valence-corrected chi connectivity index (χ4v) is 1.75. The molecule has 0 aromatic rings. The second-order valence-electron chi connectivity index (χ2n) is 3.89. The summed E-state index contributed by atoms with van der Waals surface area (Å²) in [6.07, 6.45) is 1.01. The van der Waals surface area contributed by atoms with Crippen LogP contribution in [0.2, 0.25) is 0 Å². The van der Waals surface area contributed by atoms with Gasteiger partial charge in [-0.1, -0.05) is 0 Å². The highest BCUT2D eigenvalue weighted by atomic mass is 16.5. The maximum atomic E-state index is 11.6. The zero-order valence-corrected chi connectivity index (χ0v) is 7.61. The molecule has 2 saturated heterocycles. The maximum absolute atomic E-state index is 11.6. The molecule has 1 N–H and O–H groups in total. The van der Waals surface area contributed by atoms with Crippen molar-refractivity contribution in [2.45, 2.75) is 18.9 Å². The van der Waals surface area contributed by atoms with Gasteiger partial charge in [-0.3, -0.25) is 4.79 Å². The minimum absolute atomic E-state index is 0.171. The molecule has 0 aromatic heterocycles. The van der Waals surface area contributed by atoms with Gasteiger partial charge in [0.15, 0.2) is 0 Å². The zero-order chi connectivity index (χ0) is 9.26. The van der Waals surface area contributed by atoms with Crippen molar-refractivity contribution in [3.8, 4) is 0 Å². The van der Waals surface area contributed by atoms with Crippen LogP contribution < -0.4 is 0 Å². The molecule has 0 aromatic carbocycles. The summed E-state index contributed by atoms with van der Waals surface area (Å²) >= 11 is 0. The van der Waals surface area contributed by atoms with Crippen molar-refractivity contribution in [1.29, 1.82) is 0 Å². The van der Waals surface area contributed by atoms with Crippen LogP contribution in [-0.4, -0.2) is 48.3 Å². The second-order valence-corrected chi connectivity index (χ2v) is 3.89. The first-order valence-corrected chi connectivity index (χ1v) is 4.79. The number of ether oxygens (including phenoxy) is 1. The monoisotopic (exact) mass is 185 g/mol.